The second kappa shape index (κ2) is 5.77. The van der Waals surface area contributed by atoms with Crippen LogP contribution in [0.2, 0.25) is 0 Å². The average Bonchev–Trinajstić information content (AvgIpc) is 2.74. The third-order valence-electron chi connectivity index (χ3n) is 3.27. The van der Waals surface area contributed by atoms with Gasteiger partial charge >= 0.3 is 0 Å². The lowest BCUT2D eigenvalue weighted by Gasteiger charge is -2.36. The van der Waals surface area contributed by atoms with Crippen LogP contribution in [0.1, 0.15) is 19.6 Å². The summed E-state index contributed by atoms with van der Waals surface area (Å²) in [5.41, 5.74) is 0. The Labute approximate surface area is 125 Å². The topological polar surface area (TPSA) is 70.8 Å². The highest BCUT2D eigenvalue weighted by molar-refractivity contribution is 9.10. The molecule has 2 rings (SSSR count). The van der Waals surface area contributed by atoms with Gasteiger partial charge in [-0.25, -0.2) is 8.42 Å². The van der Waals surface area contributed by atoms with Crippen LogP contribution in [0, 0.1) is 0 Å². The van der Waals surface area contributed by atoms with Crippen LogP contribution in [0.4, 0.5) is 0 Å². The first-order valence-electron chi connectivity index (χ1n) is 5.90. The molecule has 5 nitrogen and oxygen atoms in total. The summed E-state index contributed by atoms with van der Waals surface area (Å²) in [5, 5.41) is 9.28. The van der Waals surface area contributed by atoms with Gasteiger partial charge in [0.15, 0.2) is 4.67 Å². The van der Waals surface area contributed by atoms with Gasteiger partial charge in [-0.05, 0) is 22.9 Å². The Morgan fingerprint density at radius 3 is 2.84 bits per heavy atom. The van der Waals surface area contributed by atoms with E-state index in [9.17, 15) is 8.42 Å². The van der Waals surface area contributed by atoms with Gasteiger partial charge in [0.05, 0.1) is 0 Å². The molecule has 0 spiro atoms. The molecule has 2 heterocycles. The van der Waals surface area contributed by atoms with E-state index in [1.165, 1.54) is 10.4 Å². The number of nitrogens with zero attached hydrogens (tertiary/aromatic N) is 1. The summed E-state index contributed by atoms with van der Waals surface area (Å²) in [5.74, 6) is 1.02. The zero-order valence-electron chi connectivity index (χ0n) is 10.7. The number of sulfonamides is 1. The van der Waals surface area contributed by atoms with Gasteiger partial charge in [0.1, 0.15) is 17.3 Å². The Kier molecular flexibility index (Phi) is 4.67. The lowest BCUT2D eigenvalue weighted by atomic mass is 10.2. The van der Waals surface area contributed by atoms with Crippen molar-refractivity contribution in [1.29, 1.82) is 0 Å². The van der Waals surface area contributed by atoms with E-state index in [4.69, 9.17) is 9.52 Å². The fourth-order valence-electron chi connectivity index (χ4n) is 2.02. The zero-order chi connectivity index (χ0) is 14.2. The molecule has 1 aromatic rings. The molecule has 0 bridgehead atoms. The van der Waals surface area contributed by atoms with Gasteiger partial charge in [0, 0.05) is 29.7 Å². The third kappa shape index (κ3) is 2.87. The molecule has 0 aromatic carbocycles. The van der Waals surface area contributed by atoms with Crippen LogP contribution in [0.5, 0.6) is 0 Å². The fraction of sp³-hybridized carbons (Fsp3) is 0.636. The molecule has 1 fully saturated rings. The van der Waals surface area contributed by atoms with E-state index in [0.717, 1.165) is 5.75 Å². The standard InChI is InChI=1S/C11H16BrNO4S2/c1-7-8(2)18-4-3-13(7)19(15,16)10-5-9(6-14)17-11(10)12/h5,7-8,14H,3-4,6H2,1-2H3. The van der Waals surface area contributed by atoms with Crippen molar-refractivity contribution < 1.29 is 17.9 Å². The van der Waals surface area contributed by atoms with E-state index in [2.05, 4.69) is 15.9 Å². The van der Waals surface area contributed by atoms with Crippen molar-refractivity contribution in [3.05, 3.63) is 16.5 Å². The van der Waals surface area contributed by atoms with Crippen molar-refractivity contribution in [1.82, 2.24) is 4.31 Å². The summed E-state index contributed by atoms with van der Waals surface area (Å²) in [6.45, 7) is 4.11. The molecule has 0 amide bonds. The van der Waals surface area contributed by atoms with Gasteiger partial charge in [-0.3, -0.25) is 0 Å². The number of halogens is 1. The molecular formula is C11H16BrNO4S2. The second-order valence-corrected chi connectivity index (χ2v) is 8.51. The van der Waals surface area contributed by atoms with E-state index < -0.39 is 10.0 Å². The van der Waals surface area contributed by atoms with Gasteiger partial charge in [0.2, 0.25) is 10.0 Å². The summed E-state index contributed by atoms with van der Waals surface area (Å²) < 4.78 is 32.1. The molecule has 2 atom stereocenters. The van der Waals surface area contributed by atoms with Crippen molar-refractivity contribution in [3.8, 4) is 0 Å². The van der Waals surface area contributed by atoms with Crippen molar-refractivity contribution in [3.63, 3.8) is 0 Å². The molecular weight excluding hydrogens is 354 g/mol. The first-order chi connectivity index (χ1) is 8.87. The first kappa shape index (κ1) is 15.4. The number of thioether (sulfide) groups is 1. The monoisotopic (exact) mass is 369 g/mol. The predicted octanol–water partition coefficient (Wildman–Crippen LogP) is 2.05. The molecule has 0 radical (unpaired) electrons. The summed E-state index contributed by atoms with van der Waals surface area (Å²) in [4.78, 5) is 0.0856. The van der Waals surface area contributed by atoms with E-state index in [1.54, 1.807) is 11.8 Å². The summed E-state index contributed by atoms with van der Waals surface area (Å²) in [6, 6.07) is 1.31. The van der Waals surface area contributed by atoms with Crippen LogP contribution in [0.15, 0.2) is 20.0 Å². The normalized spacial score (nSPS) is 25.7. The number of furan rings is 1. The fourth-order valence-corrected chi connectivity index (χ4v) is 5.98. The third-order valence-corrected chi connectivity index (χ3v) is 7.46. The maximum atomic E-state index is 12.6. The Morgan fingerprint density at radius 2 is 2.26 bits per heavy atom. The predicted molar refractivity (Wildman–Crippen MR) is 77.6 cm³/mol. The minimum absolute atomic E-state index is 0.0665. The van der Waals surface area contributed by atoms with Gasteiger partial charge in [-0.2, -0.15) is 16.1 Å². The van der Waals surface area contributed by atoms with Crippen molar-refractivity contribution in [2.75, 3.05) is 12.3 Å². The van der Waals surface area contributed by atoms with Crippen LogP contribution in [0.3, 0.4) is 0 Å². The van der Waals surface area contributed by atoms with Crippen LogP contribution in [0.25, 0.3) is 0 Å². The van der Waals surface area contributed by atoms with Crippen molar-refractivity contribution in [2.24, 2.45) is 0 Å². The first-order valence-corrected chi connectivity index (χ1v) is 9.18. The largest absolute Gasteiger partial charge is 0.450 e. The van der Waals surface area contributed by atoms with Gasteiger partial charge in [-0.15, -0.1) is 0 Å². The van der Waals surface area contributed by atoms with Crippen LogP contribution >= 0.6 is 27.7 Å². The van der Waals surface area contributed by atoms with E-state index in [0.29, 0.717) is 6.54 Å². The van der Waals surface area contributed by atoms with Gasteiger partial charge < -0.3 is 9.52 Å². The number of hydrogen-bond donors (Lipinski definition) is 1. The van der Waals surface area contributed by atoms with Crippen LogP contribution in [-0.4, -0.2) is 41.4 Å². The molecule has 108 valence electrons. The highest BCUT2D eigenvalue weighted by Crippen LogP contribution is 2.33. The molecule has 1 aliphatic heterocycles. The molecule has 1 aliphatic rings. The maximum Gasteiger partial charge on any atom is 0.247 e. The van der Waals surface area contributed by atoms with Crippen LogP contribution in [-0.2, 0) is 16.6 Å². The molecule has 0 aliphatic carbocycles. The zero-order valence-corrected chi connectivity index (χ0v) is 13.9. The maximum absolute atomic E-state index is 12.6. The Balaban J connectivity index is 2.38. The molecule has 1 saturated heterocycles. The Hall–Kier alpha value is -0.0200. The van der Waals surface area contributed by atoms with E-state index in [1.807, 2.05) is 13.8 Å². The summed E-state index contributed by atoms with van der Waals surface area (Å²) in [7, 11) is -3.60. The molecule has 0 saturated carbocycles. The van der Waals surface area contributed by atoms with E-state index >= 15 is 0 Å². The van der Waals surface area contributed by atoms with Gasteiger partial charge in [0.25, 0.3) is 0 Å². The molecule has 8 heteroatoms. The Bertz CT molecular complexity index is 557. The number of aliphatic hydroxyl groups excluding tert-OH is 1. The van der Waals surface area contributed by atoms with E-state index in [-0.39, 0.29) is 33.2 Å². The van der Waals surface area contributed by atoms with Crippen LogP contribution < -0.4 is 0 Å². The minimum Gasteiger partial charge on any atom is -0.450 e. The second-order valence-electron chi connectivity index (χ2n) is 4.44. The Morgan fingerprint density at radius 1 is 1.58 bits per heavy atom. The highest BCUT2D eigenvalue weighted by atomic mass is 79.9. The molecule has 1 N–H and O–H groups in total. The SMILES string of the molecule is CC1SCCN(S(=O)(=O)c2cc(CO)oc2Br)C1C. The molecule has 19 heavy (non-hydrogen) atoms. The van der Waals surface area contributed by atoms with Crippen molar-refractivity contribution in [2.45, 2.75) is 36.6 Å². The quantitative estimate of drug-likeness (QED) is 0.882. The molecule has 2 unspecified atom stereocenters. The number of hydrogen-bond acceptors (Lipinski definition) is 5. The average molecular weight is 370 g/mol. The highest BCUT2D eigenvalue weighted by Gasteiger charge is 2.37. The minimum atomic E-state index is -3.60. The lowest BCUT2D eigenvalue weighted by Crippen LogP contribution is -2.47. The lowest BCUT2D eigenvalue weighted by molar-refractivity contribution is 0.245. The van der Waals surface area contributed by atoms with Gasteiger partial charge in [-0.1, -0.05) is 6.92 Å². The number of aliphatic hydroxyl groups is 1. The molecule has 1 aromatic heterocycles. The smallest absolute Gasteiger partial charge is 0.247 e. The summed E-state index contributed by atoms with van der Waals surface area (Å²) >= 11 is 4.88. The van der Waals surface area contributed by atoms with Crippen molar-refractivity contribution >= 4 is 37.7 Å². The number of rotatable bonds is 3. The summed E-state index contributed by atoms with van der Waals surface area (Å²) in [6.07, 6.45) is 0.